The number of rotatable bonds is 0. The highest BCUT2D eigenvalue weighted by atomic mass is 19.1. The summed E-state index contributed by atoms with van der Waals surface area (Å²) in [6.07, 6.45) is 5.04. The largest absolute Gasteiger partial charge is 0.384 e. The average Bonchev–Trinajstić information content (AvgIpc) is 2.28. The SMILES string of the molecule is Cc1cc(F)cc2c1NCCC=C2. The monoisotopic (exact) mass is 177 g/mol. The summed E-state index contributed by atoms with van der Waals surface area (Å²) in [5.74, 6) is -0.162. The highest BCUT2D eigenvalue weighted by Gasteiger charge is 2.07. The lowest BCUT2D eigenvalue weighted by Gasteiger charge is -2.10. The zero-order chi connectivity index (χ0) is 9.26. The van der Waals surface area contributed by atoms with Crippen LogP contribution in [-0.4, -0.2) is 6.54 Å². The van der Waals surface area contributed by atoms with Gasteiger partial charge in [-0.2, -0.15) is 0 Å². The van der Waals surface area contributed by atoms with E-state index < -0.39 is 0 Å². The van der Waals surface area contributed by atoms with Crippen LogP contribution in [-0.2, 0) is 0 Å². The predicted molar refractivity (Wildman–Crippen MR) is 53.3 cm³/mol. The summed E-state index contributed by atoms with van der Waals surface area (Å²) in [6, 6.07) is 3.13. The molecular weight excluding hydrogens is 165 g/mol. The summed E-state index contributed by atoms with van der Waals surface area (Å²) >= 11 is 0. The molecule has 0 atom stereocenters. The van der Waals surface area contributed by atoms with Crippen molar-refractivity contribution in [1.29, 1.82) is 0 Å². The smallest absolute Gasteiger partial charge is 0.124 e. The second-order valence-electron chi connectivity index (χ2n) is 3.30. The van der Waals surface area contributed by atoms with Crippen LogP contribution in [0, 0.1) is 12.7 Å². The van der Waals surface area contributed by atoms with Crippen LogP contribution in [0.3, 0.4) is 0 Å². The maximum Gasteiger partial charge on any atom is 0.124 e. The number of hydrogen-bond acceptors (Lipinski definition) is 1. The molecule has 0 spiro atoms. The first-order valence-corrected chi connectivity index (χ1v) is 4.48. The average molecular weight is 177 g/mol. The van der Waals surface area contributed by atoms with E-state index in [2.05, 4.69) is 11.4 Å². The molecule has 68 valence electrons. The summed E-state index contributed by atoms with van der Waals surface area (Å²) in [4.78, 5) is 0. The van der Waals surface area contributed by atoms with Crippen LogP contribution >= 0.6 is 0 Å². The molecule has 1 aromatic rings. The second-order valence-corrected chi connectivity index (χ2v) is 3.30. The molecule has 0 aliphatic carbocycles. The van der Waals surface area contributed by atoms with Gasteiger partial charge < -0.3 is 5.32 Å². The first-order chi connectivity index (χ1) is 6.27. The maximum absolute atomic E-state index is 13.0. The standard InChI is InChI=1S/C11H12FN/c1-8-6-10(12)7-9-4-2-3-5-13-11(8)9/h2,4,6-7,13H,3,5H2,1H3. The molecule has 1 heterocycles. The molecule has 1 nitrogen and oxygen atoms in total. The van der Waals surface area contributed by atoms with Crippen LogP contribution in [0.2, 0.25) is 0 Å². The number of anilines is 1. The minimum Gasteiger partial charge on any atom is -0.384 e. The van der Waals surface area contributed by atoms with Crippen LogP contribution in [0.5, 0.6) is 0 Å². The van der Waals surface area contributed by atoms with E-state index in [0.29, 0.717) is 0 Å². The van der Waals surface area contributed by atoms with E-state index >= 15 is 0 Å². The molecule has 2 heteroatoms. The summed E-state index contributed by atoms with van der Waals surface area (Å²) in [6.45, 7) is 2.85. The molecule has 0 saturated heterocycles. The van der Waals surface area contributed by atoms with Gasteiger partial charge in [0.25, 0.3) is 0 Å². The van der Waals surface area contributed by atoms with Gasteiger partial charge in [0.1, 0.15) is 5.82 Å². The summed E-state index contributed by atoms with van der Waals surface area (Å²) in [5.41, 5.74) is 2.99. The third-order valence-electron chi connectivity index (χ3n) is 2.24. The third-order valence-corrected chi connectivity index (χ3v) is 2.24. The van der Waals surface area contributed by atoms with Crippen molar-refractivity contribution in [3.8, 4) is 0 Å². The van der Waals surface area contributed by atoms with Gasteiger partial charge >= 0.3 is 0 Å². The van der Waals surface area contributed by atoms with Crippen molar-refractivity contribution in [2.75, 3.05) is 11.9 Å². The molecule has 0 amide bonds. The van der Waals surface area contributed by atoms with Gasteiger partial charge in [0.05, 0.1) is 0 Å². The number of aryl methyl sites for hydroxylation is 1. The van der Waals surface area contributed by atoms with Crippen LogP contribution in [0.25, 0.3) is 6.08 Å². The molecule has 0 radical (unpaired) electrons. The van der Waals surface area contributed by atoms with Gasteiger partial charge in [-0.25, -0.2) is 4.39 Å². The summed E-state index contributed by atoms with van der Waals surface area (Å²) in [7, 11) is 0. The molecule has 0 fully saturated rings. The van der Waals surface area contributed by atoms with Gasteiger partial charge in [-0.1, -0.05) is 12.2 Å². The van der Waals surface area contributed by atoms with Gasteiger partial charge in [0.15, 0.2) is 0 Å². The molecule has 13 heavy (non-hydrogen) atoms. The number of benzene rings is 1. The normalized spacial score (nSPS) is 14.6. The molecule has 1 aliphatic heterocycles. The van der Waals surface area contributed by atoms with E-state index in [9.17, 15) is 4.39 Å². The molecule has 0 saturated carbocycles. The van der Waals surface area contributed by atoms with Crippen molar-refractivity contribution in [3.05, 3.63) is 35.2 Å². The Hall–Kier alpha value is -1.31. The van der Waals surface area contributed by atoms with Gasteiger partial charge in [0, 0.05) is 17.8 Å². The van der Waals surface area contributed by atoms with E-state index in [-0.39, 0.29) is 5.82 Å². The highest BCUT2D eigenvalue weighted by molar-refractivity contribution is 5.70. The van der Waals surface area contributed by atoms with Crippen LogP contribution < -0.4 is 5.32 Å². The van der Waals surface area contributed by atoms with E-state index in [1.165, 1.54) is 0 Å². The number of halogens is 1. The molecular formula is C11H12FN. The molecule has 1 aromatic carbocycles. The lowest BCUT2D eigenvalue weighted by Crippen LogP contribution is -2.02. The predicted octanol–water partition coefficient (Wildman–Crippen LogP) is 2.96. The second kappa shape index (κ2) is 3.21. The topological polar surface area (TPSA) is 12.0 Å². The van der Waals surface area contributed by atoms with Crippen molar-refractivity contribution < 1.29 is 4.39 Å². The van der Waals surface area contributed by atoms with Crippen molar-refractivity contribution >= 4 is 11.8 Å². The Morgan fingerprint density at radius 2 is 2.23 bits per heavy atom. The fraction of sp³-hybridized carbons (Fsp3) is 0.273. The Bertz CT molecular complexity index is 355. The zero-order valence-corrected chi connectivity index (χ0v) is 7.60. The lowest BCUT2D eigenvalue weighted by molar-refractivity contribution is 0.626. The molecule has 2 rings (SSSR count). The van der Waals surface area contributed by atoms with Crippen LogP contribution in [0.1, 0.15) is 17.5 Å². The first kappa shape index (κ1) is 8.30. The van der Waals surface area contributed by atoms with Crippen molar-refractivity contribution in [2.45, 2.75) is 13.3 Å². The maximum atomic E-state index is 13.0. The Morgan fingerprint density at radius 1 is 1.38 bits per heavy atom. The summed E-state index contributed by atoms with van der Waals surface area (Å²) < 4.78 is 13.0. The van der Waals surface area contributed by atoms with E-state index in [1.807, 2.05) is 13.0 Å². The van der Waals surface area contributed by atoms with Gasteiger partial charge in [-0.3, -0.25) is 0 Å². The molecule has 1 aliphatic rings. The lowest BCUT2D eigenvalue weighted by atomic mass is 10.1. The zero-order valence-electron chi connectivity index (χ0n) is 7.60. The van der Waals surface area contributed by atoms with E-state index in [0.717, 1.165) is 29.8 Å². The van der Waals surface area contributed by atoms with Crippen molar-refractivity contribution in [1.82, 2.24) is 0 Å². The fourth-order valence-corrected chi connectivity index (χ4v) is 1.63. The van der Waals surface area contributed by atoms with Crippen LogP contribution in [0.4, 0.5) is 10.1 Å². The summed E-state index contributed by atoms with van der Waals surface area (Å²) in [5, 5.41) is 3.29. The van der Waals surface area contributed by atoms with E-state index in [1.54, 1.807) is 12.1 Å². The Labute approximate surface area is 77.3 Å². The van der Waals surface area contributed by atoms with Crippen molar-refractivity contribution in [3.63, 3.8) is 0 Å². The molecule has 0 unspecified atom stereocenters. The Kier molecular flexibility index (Phi) is 2.05. The molecule has 0 bridgehead atoms. The Balaban J connectivity index is 2.56. The fourth-order valence-electron chi connectivity index (χ4n) is 1.63. The van der Waals surface area contributed by atoms with Gasteiger partial charge in [-0.05, 0) is 31.0 Å². The minimum absolute atomic E-state index is 0.162. The van der Waals surface area contributed by atoms with Crippen molar-refractivity contribution in [2.24, 2.45) is 0 Å². The Morgan fingerprint density at radius 3 is 3.08 bits per heavy atom. The van der Waals surface area contributed by atoms with Crippen LogP contribution in [0.15, 0.2) is 18.2 Å². The minimum atomic E-state index is -0.162. The highest BCUT2D eigenvalue weighted by Crippen LogP contribution is 2.25. The molecule has 0 aromatic heterocycles. The quantitative estimate of drug-likeness (QED) is 0.642. The number of hydrogen-bond donors (Lipinski definition) is 1. The van der Waals surface area contributed by atoms with Gasteiger partial charge in [0.2, 0.25) is 0 Å². The van der Waals surface area contributed by atoms with E-state index in [4.69, 9.17) is 0 Å². The molecule has 1 N–H and O–H groups in total. The first-order valence-electron chi connectivity index (χ1n) is 4.48. The third kappa shape index (κ3) is 1.57. The number of fused-ring (bicyclic) bond motifs is 1. The van der Waals surface area contributed by atoms with Gasteiger partial charge in [-0.15, -0.1) is 0 Å². The number of nitrogens with one attached hydrogen (secondary N) is 1.